The van der Waals surface area contributed by atoms with Crippen LogP contribution in [-0.4, -0.2) is 47.7 Å². The number of nitrogens with one attached hydrogen (secondary N) is 3. The van der Waals surface area contributed by atoms with Crippen LogP contribution in [0.25, 0.3) is 0 Å². The molecular weight excluding hydrogens is 382 g/mol. The molecule has 2 rings (SSSR count). The number of hydrogen-bond acceptors (Lipinski definition) is 5. The van der Waals surface area contributed by atoms with Gasteiger partial charge in [0, 0.05) is 15.9 Å². The molecule has 0 saturated carbocycles. The highest BCUT2D eigenvalue weighted by Crippen LogP contribution is 2.23. The maximum absolute atomic E-state index is 11.6. The first-order valence-electron chi connectivity index (χ1n) is 6.11. The number of hydrogen-bond donors (Lipinski definition) is 3. The fourth-order valence-electron chi connectivity index (χ4n) is 1.81. The molecule has 1 aromatic rings. The van der Waals surface area contributed by atoms with E-state index in [1.54, 1.807) is 12.3 Å². The summed E-state index contributed by atoms with van der Waals surface area (Å²) < 4.78 is 23.3. The summed E-state index contributed by atoms with van der Waals surface area (Å²) in [5.74, 6) is -0.418. The molecule has 2 amide bonds. The first kappa shape index (κ1) is 16.4. The van der Waals surface area contributed by atoms with Gasteiger partial charge in [-0.1, -0.05) is 0 Å². The molecule has 0 radical (unpaired) electrons. The Bertz CT molecular complexity index is 644. The lowest BCUT2D eigenvalue weighted by molar-refractivity contribution is -0.119. The smallest absolute Gasteiger partial charge is 0.286 e. The average molecular weight is 396 g/mol. The van der Waals surface area contributed by atoms with Gasteiger partial charge in [0.2, 0.25) is 5.91 Å². The van der Waals surface area contributed by atoms with Gasteiger partial charge in [-0.15, -0.1) is 11.8 Å². The zero-order valence-corrected chi connectivity index (χ0v) is 14.1. The van der Waals surface area contributed by atoms with E-state index in [-0.39, 0.29) is 28.4 Å². The highest BCUT2D eigenvalue weighted by atomic mass is 79.9. The number of halogens is 1. The van der Waals surface area contributed by atoms with E-state index in [1.165, 1.54) is 11.8 Å². The van der Waals surface area contributed by atoms with Gasteiger partial charge < -0.3 is 4.98 Å². The van der Waals surface area contributed by atoms with Gasteiger partial charge in [0.1, 0.15) is 5.69 Å². The highest BCUT2D eigenvalue weighted by Gasteiger charge is 2.28. The molecule has 0 aliphatic carbocycles. The molecule has 0 unspecified atom stereocenters. The van der Waals surface area contributed by atoms with Crippen LogP contribution in [0.15, 0.2) is 16.7 Å². The first-order chi connectivity index (χ1) is 9.85. The van der Waals surface area contributed by atoms with Gasteiger partial charge in [0.15, 0.2) is 9.84 Å². The fraction of sp³-hybridized carbons (Fsp3) is 0.455. The lowest BCUT2D eigenvalue weighted by Crippen LogP contribution is -2.42. The van der Waals surface area contributed by atoms with Crippen LogP contribution >= 0.6 is 27.7 Å². The van der Waals surface area contributed by atoms with Crippen LogP contribution in [0.3, 0.4) is 0 Å². The third kappa shape index (κ3) is 5.04. The van der Waals surface area contributed by atoms with Crippen molar-refractivity contribution < 1.29 is 18.0 Å². The maximum Gasteiger partial charge on any atom is 0.286 e. The zero-order chi connectivity index (χ0) is 15.5. The molecule has 0 bridgehead atoms. The van der Waals surface area contributed by atoms with Crippen LogP contribution in [0.4, 0.5) is 0 Å². The number of thioether (sulfide) groups is 1. The Morgan fingerprint density at radius 3 is 2.76 bits per heavy atom. The lowest BCUT2D eigenvalue weighted by Gasteiger charge is -2.08. The number of carbonyl (C=O) groups excluding carboxylic acids is 2. The Kier molecular flexibility index (Phi) is 5.33. The summed E-state index contributed by atoms with van der Waals surface area (Å²) in [7, 11) is -2.93. The van der Waals surface area contributed by atoms with E-state index in [2.05, 4.69) is 31.8 Å². The van der Waals surface area contributed by atoms with Gasteiger partial charge in [-0.2, -0.15) is 0 Å². The van der Waals surface area contributed by atoms with Gasteiger partial charge in [0.25, 0.3) is 5.91 Å². The first-order valence-corrected chi connectivity index (χ1v) is 9.77. The minimum atomic E-state index is -2.93. The second kappa shape index (κ2) is 6.84. The van der Waals surface area contributed by atoms with Crippen molar-refractivity contribution in [3.05, 3.63) is 22.4 Å². The summed E-state index contributed by atoms with van der Waals surface area (Å²) in [4.78, 5) is 26.0. The minimum absolute atomic E-state index is 0.0455. The monoisotopic (exact) mass is 395 g/mol. The molecule has 1 aliphatic rings. The van der Waals surface area contributed by atoms with Crippen molar-refractivity contribution in [1.29, 1.82) is 0 Å². The molecule has 1 aromatic heterocycles. The Labute approximate surface area is 134 Å². The Balaban J connectivity index is 1.69. The van der Waals surface area contributed by atoms with Crippen LogP contribution in [-0.2, 0) is 14.6 Å². The number of aromatic nitrogens is 1. The quantitative estimate of drug-likeness (QED) is 0.641. The molecule has 1 fully saturated rings. The largest absolute Gasteiger partial charge is 0.356 e. The Morgan fingerprint density at radius 1 is 1.43 bits per heavy atom. The van der Waals surface area contributed by atoms with E-state index in [1.807, 2.05) is 0 Å². The maximum atomic E-state index is 11.6. The Hall–Kier alpha value is -1.00. The third-order valence-corrected chi connectivity index (χ3v) is 6.59. The van der Waals surface area contributed by atoms with Gasteiger partial charge in [-0.05, 0) is 28.4 Å². The van der Waals surface area contributed by atoms with Crippen LogP contribution in [0, 0.1) is 0 Å². The van der Waals surface area contributed by atoms with E-state index in [9.17, 15) is 18.0 Å². The molecule has 10 heteroatoms. The standard InChI is InChI=1S/C11H14BrN3O4S2/c12-7-3-9(13-4-7)11(17)15-14-10(16)5-20-8-1-2-21(18,19)6-8/h3-4,8,13H,1-2,5-6H2,(H,14,16)(H,15,17)/t8-/m0/s1. The van der Waals surface area contributed by atoms with E-state index in [4.69, 9.17) is 0 Å². The van der Waals surface area contributed by atoms with Crippen LogP contribution in [0.2, 0.25) is 0 Å². The number of aromatic amines is 1. The van der Waals surface area contributed by atoms with Crippen LogP contribution in [0.1, 0.15) is 16.9 Å². The summed E-state index contributed by atoms with van der Waals surface area (Å²) in [5, 5.41) is -0.0455. The normalized spacial score (nSPS) is 20.1. The molecule has 7 nitrogen and oxygen atoms in total. The van der Waals surface area contributed by atoms with Crippen molar-refractivity contribution in [2.75, 3.05) is 17.3 Å². The summed E-state index contributed by atoms with van der Waals surface area (Å²) in [6.45, 7) is 0. The SMILES string of the molecule is O=C(CS[C@H]1CCS(=O)(=O)C1)NNC(=O)c1cc(Br)c[nH]1. The number of sulfone groups is 1. The van der Waals surface area contributed by atoms with E-state index in [0.717, 1.165) is 4.47 Å². The number of hydrazine groups is 1. The van der Waals surface area contributed by atoms with Crippen molar-refractivity contribution in [3.8, 4) is 0 Å². The molecule has 21 heavy (non-hydrogen) atoms. The van der Waals surface area contributed by atoms with E-state index >= 15 is 0 Å². The van der Waals surface area contributed by atoms with Gasteiger partial charge in [-0.25, -0.2) is 8.42 Å². The van der Waals surface area contributed by atoms with Crippen molar-refractivity contribution in [1.82, 2.24) is 15.8 Å². The second-order valence-electron chi connectivity index (χ2n) is 4.57. The Morgan fingerprint density at radius 2 is 2.19 bits per heavy atom. The number of H-pyrrole nitrogens is 1. The van der Waals surface area contributed by atoms with Crippen molar-refractivity contribution in [2.24, 2.45) is 0 Å². The van der Waals surface area contributed by atoms with Crippen LogP contribution in [0.5, 0.6) is 0 Å². The van der Waals surface area contributed by atoms with Gasteiger partial charge in [-0.3, -0.25) is 20.4 Å². The molecule has 0 aromatic carbocycles. The third-order valence-electron chi connectivity index (χ3n) is 2.85. The van der Waals surface area contributed by atoms with E-state index < -0.39 is 15.7 Å². The predicted octanol–water partition coefficient (Wildman–Crippen LogP) is 0.459. The van der Waals surface area contributed by atoms with Gasteiger partial charge >= 0.3 is 0 Å². The molecule has 1 atom stereocenters. The summed E-state index contributed by atoms with van der Waals surface area (Å²) in [6, 6.07) is 1.58. The van der Waals surface area contributed by atoms with Crippen molar-refractivity contribution in [2.45, 2.75) is 11.7 Å². The molecule has 0 spiro atoms. The summed E-state index contributed by atoms with van der Waals surface area (Å²) in [5.41, 5.74) is 4.89. The summed E-state index contributed by atoms with van der Waals surface area (Å²) >= 11 is 4.49. The van der Waals surface area contributed by atoms with Crippen LogP contribution < -0.4 is 10.9 Å². The van der Waals surface area contributed by atoms with Gasteiger partial charge in [0.05, 0.1) is 17.3 Å². The topological polar surface area (TPSA) is 108 Å². The lowest BCUT2D eigenvalue weighted by atomic mass is 10.4. The predicted molar refractivity (Wildman–Crippen MR) is 83.6 cm³/mol. The zero-order valence-electron chi connectivity index (χ0n) is 10.9. The fourth-order valence-corrected chi connectivity index (χ4v) is 5.60. The molecule has 1 aliphatic heterocycles. The number of carbonyl (C=O) groups is 2. The van der Waals surface area contributed by atoms with E-state index in [0.29, 0.717) is 12.1 Å². The van der Waals surface area contributed by atoms with Crippen molar-refractivity contribution >= 4 is 49.3 Å². The summed E-state index contributed by atoms with van der Waals surface area (Å²) in [6.07, 6.45) is 2.18. The highest BCUT2D eigenvalue weighted by molar-refractivity contribution is 9.10. The average Bonchev–Trinajstić information content (AvgIpc) is 2.99. The minimum Gasteiger partial charge on any atom is -0.356 e. The second-order valence-corrected chi connectivity index (χ2v) is 9.00. The molecule has 116 valence electrons. The molecular formula is C11H14BrN3O4S2. The molecule has 3 N–H and O–H groups in total. The molecule has 2 heterocycles. The molecule has 1 saturated heterocycles. The number of amides is 2. The van der Waals surface area contributed by atoms with Crippen molar-refractivity contribution in [3.63, 3.8) is 0 Å². The number of rotatable bonds is 4.